The number of nitrogen functional groups attached to an aromatic ring is 1. The maximum atomic E-state index is 14.6. The molecule has 0 spiro atoms. The van der Waals surface area contributed by atoms with E-state index in [2.05, 4.69) is 15.4 Å². The van der Waals surface area contributed by atoms with E-state index >= 15 is 0 Å². The van der Waals surface area contributed by atoms with Gasteiger partial charge in [-0.2, -0.15) is 13.9 Å². The van der Waals surface area contributed by atoms with Gasteiger partial charge in [-0.25, -0.2) is 9.67 Å². The summed E-state index contributed by atoms with van der Waals surface area (Å²) in [6, 6.07) is 14.6. The van der Waals surface area contributed by atoms with Gasteiger partial charge < -0.3 is 15.8 Å². The van der Waals surface area contributed by atoms with Gasteiger partial charge >= 0.3 is 6.11 Å². The lowest BCUT2D eigenvalue weighted by molar-refractivity contribution is -0.185. The van der Waals surface area contributed by atoms with Gasteiger partial charge in [0.15, 0.2) is 11.6 Å². The second-order valence-corrected chi connectivity index (χ2v) is 7.15. The van der Waals surface area contributed by atoms with Gasteiger partial charge in [0.1, 0.15) is 0 Å². The van der Waals surface area contributed by atoms with Crippen molar-refractivity contribution in [1.82, 2.24) is 14.8 Å². The van der Waals surface area contributed by atoms with Crippen molar-refractivity contribution in [3.05, 3.63) is 95.4 Å². The van der Waals surface area contributed by atoms with Gasteiger partial charge in [0, 0.05) is 28.8 Å². The number of aromatic nitrogens is 3. The molecule has 0 atom stereocenters. The summed E-state index contributed by atoms with van der Waals surface area (Å²) in [4.78, 5) is 16.6. The number of rotatable bonds is 6. The number of nitrogens with two attached hydrogens (primary N) is 1. The van der Waals surface area contributed by atoms with E-state index < -0.39 is 12.0 Å². The van der Waals surface area contributed by atoms with Crippen LogP contribution in [0.25, 0.3) is 5.82 Å². The zero-order valence-electron chi connectivity index (χ0n) is 16.4. The van der Waals surface area contributed by atoms with E-state index in [-0.39, 0.29) is 22.7 Å². The Bertz CT molecular complexity index is 1240. The number of amides is 1. The molecule has 0 aliphatic heterocycles. The summed E-state index contributed by atoms with van der Waals surface area (Å²) in [7, 11) is 0. The zero-order valence-corrected chi connectivity index (χ0v) is 17.1. The molecule has 4 aromatic rings. The third-order valence-electron chi connectivity index (χ3n) is 4.34. The van der Waals surface area contributed by atoms with Crippen molar-refractivity contribution >= 4 is 28.9 Å². The Kier molecular flexibility index (Phi) is 5.74. The van der Waals surface area contributed by atoms with E-state index in [1.54, 1.807) is 18.2 Å². The maximum absolute atomic E-state index is 14.6. The van der Waals surface area contributed by atoms with Crippen molar-refractivity contribution < 1.29 is 18.3 Å². The van der Waals surface area contributed by atoms with Crippen LogP contribution in [0.2, 0.25) is 5.02 Å². The van der Waals surface area contributed by atoms with Crippen LogP contribution in [-0.2, 0) is 6.11 Å². The van der Waals surface area contributed by atoms with Crippen LogP contribution >= 0.6 is 11.6 Å². The van der Waals surface area contributed by atoms with Crippen LogP contribution < -0.4 is 15.8 Å². The fourth-order valence-corrected chi connectivity index (χ4v) is 3.15. The van der Waals surface area contributed by atoms with Gasteiger partial charge in [-0.1, -0.05) is 29.8 Å². The summed E-state index contributed by atoms with van der Waals surface area (Å²) in [6.45, 7) is 0. The normalized spacial score (nSPS) is 11.2. The van der Waals surface area contributed by atoms with Gasteiger partial charge in [0.2, 0.25) is 0 Å². The van der Waals surface area contributed by atoms with Crippen molar-refractivity contribution in [1.29, 1.82) is 0 Å². The van der Waals surface area contributed by atoms with Gasteiger partial charge in [-0.3, -0.25) is 4.79 Å². The number of halogens is 3. The van der Waals surface area contributed by atoms with E-state index in [4.69, 9.17) is 22.1 Å². The average molecular weight is 456 g/mol. The topological polar surface area (TPSA) is 95.1 Å². The first-order valence-electron chi connectivity index (χ1n) is 9.32. The molecule has 0 bridgehead atoms. The Labute approximate surface area is 186 Å². The summed E-state index contributed by atoms with van der Waals surface area (Å²) in [6.07, 6.45) is 0.425. The van der Waals surface area contributed by atoms with Crippen molar-refractivity contribution in [2.75, 3.05) is 11.1 Å². The molecule has 32 heavy (non-hydrogen) atoms. The fourth-order valence-electron chi connectivity index (χ4n) is 2.91. The lowest BCUT2D eigenvalue weighted by Crippen LogP contribution is -2.22. The lowest BCUT2D eigenvalue weighted by atomic mass is 10.2. The highest BCUT2D eigenvalue weighted by Crippen LogP contribution is 2.33. The number of carbonyl (C=O) groups excluding carboxylic acids is 1. The van der Waals surface area contributed by atoms with Gasteiger partial charge in [-0.15, -0.1) is 0 Å². The third-order valence-corrected chi connectivity index (χ3v) is 4.56. The minimum Gasteiger partial charge on any atom is -0.425 e. The number of alkyl halides is 2. The average Bonchev–Trinajstić information content (AvgIpc) is 3.24. The molecule has 1 amide bonds. The molecule has 0 radical (unpaired) electrons. The number of ether oxygens (including phenoxy) is 1. The Morgan fingerprint density at radius 1 is 1.12 bits per heavy atom. The number of pyridine rings is 1. The minimum absolute atomic E-state index is 0.00541. The summed E-state index contributed by atoms with van der Waals surface area (Å²) >= 11 is 5.95. The number of hydrogen-bond donors (Lipinski definition) is 2. The summed E-state index contributed by atoms with van der Waals surface area (Å²) in [5, 5.41) is 7.08. The Morgan fingerprint density at radius 3 is 2.66 bits per heavy atom. The highest BCUT2D eigenvalue weighted by Gasteiger charge is 2.35. The second-order valence-electron chi connectivity index (χ2n) is 6.71. The number of hydrogen-bond acceptors (Lipinski definition) is 5. The van der Waals surface area contributed by atoms with Crippen LogP contribution in [0.5, 0.6) is 5.75 Å². The molecule has 0 aliphatic carbocycles. The fraction of sp³-hybridized carbons (Fsp3) is 0.0455. The van der Waals surface area contributed by atoms with Crippen molar-refractivity contribution in [3.8, 4) is 11.6 Å². The van der Waals surface area contributed by atoms with Crippen LogP contribution in [0.4, 0.5) is 20.2 Å². The van der Waals surface area contributed by atoms with E-state index in [1.165, 1.54) is 65.7 Å². The Balaban J connectivity index is 1.57. The predicted molar refractivity (Wildman–Crippen MR) is 116 cm³/mol. The zero-order chi connectivity index (χ0) is 22.7. The molecule has 0 unspecified atom stereocenters. The molecule has 162 valence electrons. The first-order chi connectivity index (χ1) is 15.3. The second kappa shape index (κ2) is 8.64. The van der Waals surface area contributed by atoms with E-state index in [0.717, 1.165) is 0 Å². The van der Waals surface area contributed by atoms with E-state index in [0.29, 0.717) is 16.4 Å². The van der Waals surface area contributed by atoms with Crippen molar-refractivity contribution in [2.24, 2.45) is 0 Å². The Hall–Kier alpha value is -3.98. The van der Waals surface area contributed by atoms with Crippen LogP contribution in [-0.4, -0.2) is 20.7 Å². The number of carbonyl (C=O) groups is 1. The molecule has 7 nitrogen and oxygen atoms in total. The molecular weight excluding hydrogens is 440 g/mol. The highest BCUT2D eigenvalue weighted by atomic mass is 35.5. The Morgan fingerprint density at radius 2 is 1.91 bits per heavy atom. The molecule has 2 aromatic heterocycles. The predicted octanol–water partition coefficient (Wildman–Crippen LogP) is 4.88. The lowest BCUT2D eigenvalue weighted by Gasteiger charge is -2.19. The van der Waals surface area contributed by atoms with Gasteiger partial charge in [-0.05, 0) is 42.5 Å². The molecule has 0 saturated carbocycles. The van der Waals surface area contributed by atoms with Crippen LogP contribution in [0.1, 0.15) is 15.9 Å². The van der Waals surface area contributed by atoms with Gasteiger partial charge in [0.05, 0.1) is 17.3 Å². The third kappa shape index (κ3) is 4.68. The molecule has 0 saturated heterocycles. The van der Waals surface area contributed by atoms with Crippen LogP contribution in [0.15, 0.2) is 79.3 Å². The summed E-state index contributed by atoms with van der Waals surface area (Å²) in [5.41, 5.74) is 6.37. The molecule has 3 N–H and O–H groups in total. The number of benzene rings is 2. The van der Waals surface area contributed by atoms with Crippen LogP contribution in [0, 0.1) is 0 Å². The summed E-state index contributed by atoms with van der Waals surface area (Å²) < 4.78 is 35.4. The van der Waals surface area contributed by atoms with E-state index in [1.807, 2.05) is 0 Å². The minimum atomic E-state index is -3.60. The molecule has 2 aromatic carbocycles. The molecular formula is C22H16ClF2N5O2. The first-order valence-corrected chi connectivity index (χ1v) is 9.69. The van der Waals surface area contributed by atoms with Crippen molar-refractivity contribution in [3.63, 3.8) is 0 Å². The van der Waals surface area contributed by atoms with E-state index in [9.17, 15) is 13.6 Å². The quantitative estimate of drug-likeness (QED) is 0.404. The molecule has 0 fully saturated rings. The molecule has 0 aliphatic rings. The largest absolute Gasteiger partial charge is 0.426 e. The molecule has 4 rings (SSSR count). The van der Waals surface area contributed by atoms with Crippen LogP contribution in [0.3, 0.4) is 0 Å². The molecule has 2 heterocycles. The molecule has 10 heteroatoms. The van der Waals surface area contributed by atoms with Crippen molar-refractivity contribution in [2.45, 2.75) is 6.11 Å². The number of nitrogens with zero attached hydrogens (tertiary/aromatic N) is 3. The summed E-state index contributed by atoms with van der Waals surface area (Å²) in [5.74, 6) is -0.709. The number of nitrogens with one attached hydrogen (secondary N) is 1. The van der Waals surface area contributed by atoms with Gasteiger partial charge in [0.25, 0.3) is 5.91 Å². The monoisotopic (exact) mass is 455 g/mol. The maximum Gasteiger partial charge on any atom is 0.426 e. The highest BCUT2D eigenvalue weighted by molar-refractivity contribution is 6.31. The standard InChI is InChI=1S/C22H16ClF2N5O2/c23-16-9-17(26)11-18(10-16)29-21(31)14-12-28-30(13-14)20-19(7-4-8-27-20)32-22(24,25)15-5-2-1-3-6-15/h1-13H,26H2,(H,29,31). The number of anilines is 2. The SMILES string of the molecule is Nc1cc(Cl)cc(NC(=O)c2cnn(-c3ncccc3OC(F)(F)c3ccccc3)c2)c1. The first kappa shape index (κ1) is 21.3. The smallest absolute Gasteiger partial charge is 0.425 e.